The first-order chi connectivity index (χ1) is 7.58. The summed E-state index contributed by atoms with van der Waals surface area (Å²) in [6, 6.07) is 6.90. The molecule has 16 heavy (non-hydrogen) atoms. The molecule has 5 heteroatoms. The zero-order valence-corrected chi connectivity index (χ0v) is 12.0. The molecule has 1 aromatic carbocycles. The molecular formula is C11H14BrClO2S. The van der Waals surface area contributed by atoms with Crippen molar-refractivity contribution < 1.29 is 8.42 Å². The van der Waals surface area contributed by atoms with Crippen molar-refractivity contribution in [3.05, 3.63) is 28.7 Å². The summed E-state index contributed by atoms with van der Waals surface area (Å²) < 4.78 is 24.5. The highest BCUT2D eigenvalue weighted by molar-refractivity contribution is 9.10. The summed E-state index contributed by atoms with van der Waals surface area (Å²) in [6.45, 7) is 0. The Kier molecular flexibility index (Phi) is 5.79. The lowest BCUT2D eigenvalue weighted by Crippen LogP contribution is -2.07. The maximum atomic E-state index is 12.0. The first-order valence-electron chi connectivity index (χ1n) is 5.11. The minimum atomic E-state index is -3.16. The largest absolute Gasteiger partial charge is 0.224 e. The van der Waals surface area contributed by atoms with Crippen LogP contribution in [0.4, 0.5) is 0 Å². The van der Waals surface area contributed by atoms with E-state index in [2.05, 4.69) is 15.9 Å². The molecule has 0 N–H and O–H groups in total. The van der Waals surface area contributed by atoms with Crippen LogP contribution in [0.5, 0.6) is 0 Å². The summed E-state index contributed by atoms with van der Waals surface area (Å²) in [5.41, 5.74) is 0. The van der Waals surface area contributed by atoms with Crippen molar-refractivity contribution in [1.29, 1.82) is 0 Å². The highest BCUT2D eigenvalue weighted by Gasteiger charge is 2.16. The van der Waals surface area contributed by atoms with Gasteiger partial charge in [0.2, 0.25) is 0 Å². The SMILES string of the molecule is O=S(=O)(CCCCCCl)c1ccccc1Br. The average molecular weight is 326 g/mol. The maximum absolute atomic E-state index is 12.0. The van der Waals surface area contributed by atoms with Crippen LogP contribution in [0.15, 0.2) is 33.6 Å². The molecule has 0 aromatic heterocycles. The summed E-state index contributed by atoms with van der Waals surface area (Å²) in [4.78, 5) is 0.376. The van der Waals surface area contributed by atoms with Gasteiger partial charge in [0.25, 0.3) is 0 Å². The summed E-state index contributed by atoms with van der Waals surface area (Å²) >= 11 is 8.79. The van der Waals surface area contributed by atoms with Crippen LogP contribution in [0, 0.1) is 0 Å². The van der Waals surface area contributed by atoms with Crippen molar-refractivity contribution in [2.75, 3.05) is 11.6 Å². The summed E-state index contributed by atoms with van der Waals surface area (Å²) in [5, 5.41) is 0. The molecule has 1 aromatic rings. The maximum Gasteiger partial charge on any atom is 0.179 e. The topological polar surface area (TPSA) is 34.1 Å². The second-order valence-electron chi connectivity index (χ2n) is 3.50. The first kappa shape index (κ1) is 14.0. The quantitative estimate of drug-likeness (QED) is 0.591. The molecule has 0 heterocycles. The molecule has 0 amide bonds. The van der Waals surface area contributed by atoms with Crippen LogP contribution >= 0.6 is 27.5 Å². The van der Waals surface area contributed by atoms with E-state index in [4.69, 9.17) is 11.6 Å². The van der Waals surface area contributed by atoms with Gasteiger partial charge in [-0.3, -0.25) is 0 Å². The van der Waals surface area contributed by atoms with E-state index in [0.717, 1.165) is 12.8 Å². The van der Waals surface area contributed by atoms with Gasteiger partial charge in [-0.15, -0.1) is 11.6 Å². The third-order valence-corrected chi connectivity index (χ3v) is 5.29. The number of benzene rings is 1. The lowest BCUT2D eigenvalue weighted by molar-refractivity contribution is 0.590. The van der Waals surface area contributed by atoms with Crippen LogP contribution in [0.1, 0.15) is 19.3 Å². The minimum absolute atomic E-state index is 0.187. The standard InChI is InChI=1S/C11H14BrClO2S/c12-10-6-2-3-7-11(10)16(14,15)9-5-1-4-8-13/h2-3,6-7H,1,4-5,8-9H2. The Bertz CT molecular complexity index is 431. The number of sulfone groups is 1. The molecule has 0 radical (unpaired) electrons. The Hall–Kier alpha value is -0.0600. The molecule has 0 saturated heterocycles. The van der Waals surface area contributed by atoms with E-state index in [-0.39, 0.29) is 5.75 Å². The molecule has 0 bridgehead atoms. The summed E-state index contributed by atoms with van der Waals surface area (Å²) in [6.07, 6.45) is 2.39. The molecular weight excluding hydrogens is 312 g/mol. The lowest BCUT2D eigenvalue weighted by Gasteiger charge is -2.05. The fourth-order valence-corrected chi connectivity index (χ4v) is 4.04. The van der Waals surface area contributed by atoms with Crippen molar-refractivity contribution in [2.24, 2.45) is 0 Å². The number of unbranched alkanes of at least 4 members (excludes halogenated alkanes) is 2. The van der Waals surface area contributed by atoms with Crippen LogP contribution in [-0.4, -0.2) is 20.1 Å². The molecule has 0 unspecified atom stereocenters. The van der Waals surface area contributed by atoms with Crippen LogP contribution in [0.3, 0.4) is 0 Å². The molecule has 90 valence electrons. The number of alkyl halides is 1. The number of hydrogen-bond acceptors (Lipinski definition) is 2. The van der Waals surface area contributed by atoms with E-state index in [1.807, 2.05) is 0 Å². The third kappa shape index (κ3) is 4.07. The number of hydrogen-bond donors (Lipinski definition) is 0. The van der Waals surface area contributed by atoms with Gasteiger partial charge in [0, 0.05) is 10.4 Å². The molecule has 1 rings (SSSR count). The zero-order valence-electron chi connectivity index (χ0n) is 8.83. The van der Waals surface area contributed by atoms with Crippen LogP contribution in [-0.2, 0) is 9.84 Å². The normalized spacial score (nSPS) is 11.6. The Balaban J connectivity index is 2.68. The van der Waals surface area contributed by atoms with Crippen molar-refractivity contribution >= 4 is 37.4 Å². The number of rotatable bonds is 6. The zero-order chi connectivity index (χ0) is 12.0. The second-order valence-corrected chi connectivity index (χ2v) is 6.81. The van der Waals surface area contributed by atoms with E-state index in [0.29, 0.717) is 21.7 Å². The van der Waals surface area contributed by atoms with E-state index in [1.54, 1.807) is 24.3 Å². The Morgan fingerprint density at radius 2 is 1.81 bits per heavy atom. The molecule has 0 aliphatic heterocycles. The molecule has 0 saturated carbocycles. The van der Waals surface area contributed by atoms with Gasteiger partial charge in [-0.25, -0.2) is 8.42 Å². The fraction of sp³-hybridized carbons (Fsp3) is 0.455. The predicted octanol–water partition coefficient (Wildman–Crippen LogP) is 3.63. The minimum Gasteiger partial charge on any atom is -0.224 e. The van der Waals surface area contributed by atoms with E-state index in [9.17, 15) is 8.42 Å². The van der Waals surface area contributed by atoms with Crippen molar-refractivity contribution in [3.63, 3.8) is 0 Å². The van der Waals surface area contributed by atoms with Crippen molar-refractivity contribution in [3.8, 4) is 0 Å². The van der Waals surface area contributed by atoms with Crippen LogP contribution in [0.2, 0.25) is 0 Å². The summed E-state index contributed by atoms with van der Waals surface area (Å²) in [5.74, 6) is 0.779. The molecule has 0 atom stereocenters. The van der Waals surface area contributed by atoms with E-state index < -0.39 is 9.84 Å². The lowest BCUT2D eigenvalue weighted by atomic mass is 10.3. The third-order valence-electron chi connectivity index (χ3n) is 2.22. The Labute approximate surface area is 110 Å². The number of halogens is 2. The van der Waals surface area contributed by atoms with Crippen LogP contribution < -0.4 is 0 Å². The Morgan fingerprint density at radius 1 is 1.12 bits per heavy atom. The summed E-state index contributed by atoms with van der Waals surface area (Å²) in [7, 11) is -3.16. The monoisotopic (exact) mass is 324 g/mol. The average Bonchev–Trinajstić information content (AvgIpc) is 2.25. The Morgan fingerprint density at radius 3 is 2.44 bits per heavy atom. The van der Waals surface area contributed by atoms with E-state index >= 15 is 0 Å². The van der Waals surface area contributed by atoms with Crippen molar-refractivity contribution in [2.45, 2.75) is 24.2 Å². The predicted molar refractivity (Wildman–Crippen MR) is 70.8 cm³/mol. The van der Waals surface area contributed by atoms with E-state index in [1.165, 1.54) is 0 Å². The molecule has 0 spiro atoms. The fourth-order valence-electron chi connectivity index (χ4n) is 1.37. The van der Waals surface area contributed by atoms with Crippen molar-refractivity contribution in [1.82, 2.24) is 0 Å². The van der Waals surface area contributed by atoms with Gasteiger partial charge in [0.1, 0.15) is 0 Å². The second kappa shape index (κ2) is 6.62. The van der Waals surface area contributed by atoms with Gasteiger partial charge in [0.05, 0.1) is 10.6 Å². The van der Waals surface area contributed by atoms with Gasteiger partial charge < -0.3 is 0 Å². The molecule has 0 aliphatic rings. The molecule has 0 aliphatic carbocycles. The van der Waals surface area contributed by atoms with Gasteiger partial charge in [0.15, 0.2) is 9.84 Å². The molecule has 2 nitrogen and oxygen atoms in total. The first-order valence-corrected chi connectivity index (χ1v) is 8.09. The van der Waals surface area contributed by atoms with Gasteiger partial charge >= 0.3 is 0 Å². The molecule has 0 fully saturated rings. The van der Waals surface area contributed by atoms with Gasteiger partial charge in [-0.2, -0.15) is 0 Å². The highest BCUT2D eigenvalue weighted by atomic mass is 79.9. The van der Waals surface area contributed by atoms with Crippen LogP contribution in [0.25, 0.3) is 0 Å². The smallest absolute Gasteiger partial charge is 0.179 e. The highest BCUT2D eigenvalue weighted by Crippen LogP contribution is 2.23. The van der Waals surface area contributed by atoms with Gasteiger partial charge in [-0.1, -0.05) is 18.6 Å². The van der Waals surface area contributed by atoms with Gasteiger partial charge in [-0.05, 0) is 40.9 Å².